The second kappa shape index (κ2) is 10.4. The van der Waals surface area contributed by atoms with Gasteiger partial charge in [0.15, 0.2) is 0 Å². The fraction of sp³-hybridized carbons (Fsp3) is 0.393. The highest BCUT2D eigenvalue weighted by Crippen LogP contribution is 2.29. The number of benzene rings is 1. The van der Waals surface area contributed by atoms with Crippen LogP contribution in [0.2, 0.25) is 0 Å². The number of piperidine rings is 1. The van der Waals surface area contributed by atoms with Crippen LogP contribution in [-0.4, -0.2) is 66.0 Å². The molecule has 3 aromatic rings. The number of nitrogens with one attached hydrogen (secondary N) is 2. The van der Waals surface area contributed by atoms with Crippen LogP contribution in [0.15, 0.2) is 60.8 Å². The first-order valence-corrected chi connectivity index (χ1v) is 13.4. The zero-order valence-corrected chi connectivity index (χ0v) is 21.7. The first-order valence-electron chi connectivity index (χ1n) is 12.6. The van der Waals surface area contributed by atoms with Gasteiger partial charge in [0.2, 0.25) is 5.91 Å². The van der Waals surface area contributed by atoms with Crippen LogP contribution in [0, 0.1) is 6.92 Å². The topological polar surface area (TPSA) is 77.6 Å². The van der Waals surface area contributed by atoms with E-state index < -0.39 is 5.54 Å². The smallest absolute Gasteiger partial charge is 0.262 e. The zero-order valence-electron chi connectivity index (χ0n) is 20.9. The summed E-state index contributed by atoms with van der Waals surface area (Å²) < 4.78 is 0. The van der Waals surface area contributed by atoms with Crippen molar-refractivity contribution in [3.8, 4) is 10.6 Å². The van der Waals surface area contributed by atoms with Crippen molar-refractivity contribution < 1.29 is 9.59 Å². The molecule has 0 aliphatic carbocycles. The number of thiophene rings is 1. The fourth-order valence-electron chi connectivity index (χ4n) is 5.27. The summed E-state index contributed by atoms with van der Waals surface area (Å²) in [5.41, 5.74) is 2.38. The van der Waals surface area contributed by atoms with E-state index in [2.05, 4.69) is 58.6 Å². The molecule has 188 valence electrons. The Labute approximate surface area is 216 Å². The monoisotopic (exact) mass is 503 g/mol. The van der Waals surface area contributed by atoms with Gasteiger partial charge in [0, 0.05) is 37.6 Å². The SMILES string of the molecule is Cc1cccc(N2CCN(C(=O)C3(NC(=O)c4ccc(-c5ccccn5)s4)CCNCC3)CC2C)c1. The van der Waals surface area contributed by atoms with E-state index in [4.69, 9.17) is 0 Å². The van der Waals surface area contributed by atoms with Crippen molar-refractivity contribution in [1.29, 1.82) is 0 Å². The van der Waals surface area contributed by atoms with Crippen LogP contribution >= 0.6 is 11.3 Å². The summed E-state index contributed by atoms with van der Waals surface area (Å²) in [7, 11) is 0. The Balaban J connectivity index is 1.31. The molecule has 2 amide bonds. The molecule has 1 aromatic carbocycles. The van der Waals surface area contributed by atoms with Gasteiger partial charge in [-0.1, -0.05) is 18.2 Å². The summed E-state index contributed by atoms with van der Waals surface area (Å²) >= 11 is 1.41. The predicted molar refractivity (Wildman–Crippen MR) is 144 cm³/mol. The van der Waals surface area contributed by atoms with Crippen molar-refractivity contribution in [1.82, 2.24) is 20.5 Å². The largest absolute Gasteiger partial charge is 0.365 e. The summed E-state index contributed by atoms with van der Waals surface area (Å²) in [6.07, 6.45) is 2.92. The van der Waals surface area contributed by atoms with Crippen LogP contribution < -0.4 is 15.5 Å². The minimum atomic E-state index is -0.886. The highest BCUT2D eigenvalue weighted by molar-refractivity contribution is 7.17. The Morgan fingerprint density at radius 1 is 1.08 bits per heavy atom. The standard InChI is InChI=1S/C28H33N5O2S/c1-20-6-5-7-22(18-20)33-17-16-32(19-21(33)2)27(35)28(11-14-29-15-12-28)31-26(34)25-10-9-24(36-25)23-8-3-4-13-30-23/h3-10,13,18,21,29H,11-12,14-17,19H2,1-2H3,(H,31,34). The minimum absolute atomic E-state index is 0.0367. The third kappa shape index (κ3) is 5.01. The number of pyridine rings is 1. The molecule has 2 fully saturated rings. The molecule has 36 heavy (non-hydrogen) atoms. The fourth-order valence-corrected chi connectivity index (χ4v) is 6.14. The number of aromatic nitrogens is 1. The van der Waals surface area contributed by atoms with Gasteiger partial charge in [-0.15, -0.1) is 11.3 Å². The summed E-state index contributed by atoms with van der Waals surface area (Å²) in [4.78, 5) is 37.6. The lowest BCUT2D eigenvalue weighted by Gasteiger charge is -2.46. The zero-order chi connectivity index (χ0) is 25.1. The molecule has 2 N–H and O–H groups in total. The number of carbonyl (C=O) groups excluding carboxylic acids is 2. The first kappa shape index (κ1) is 24.5. The van der Waals surface area contributed by atoms with Crippen LogP contribution in [0.3, 0.4) is 0 Å². The minimum Gasteiger partial charge on any atom is -0.365 e. The van der Waals surface area contributed by atoms with Gasteiger partial charge in [0.05, 0.1) is 15.4 Å². The molecule has 1 unspecified atom stereocenters. The van der Waals surface area contributed by atoms with Crippen molar-refractivity contribution in [2.45, 2.75) is 38.3 Å². The first-order chi connectivity index (χ1) is 17.4. The molecule has 0 bridgehead atoms. The highest BCUT2D eigenvalue weighted by atomic mass is 32.1. The number of rotatable bonds is 5. The Morgan fingerprint density at radius 2 is 1.92 bits per heavy atom. The molecule has 7 nitrogen and oxygen atoms in total. The second-order valence-corrected chi connectivity index (χ2v) is 10.9. The van der Waals surface area contributed by atoms with E-state index in [1.165, 1.54) is 22.6 Å². The lowest BCUT2D eigenvalue weighted by molar-refractivity contribution is -0.140. The lowest BCUT2D eigenvalue weighted by atomic mass is 9.86. The molecule has 0 spiro atoms. The summed E-state index contributed by atoms with van der Waals surface area (Å²) in [6, 6.07) is 18.2. The molecule has 0 radical (unpaired) electrons. The maximum Gasteiger partial charge on any atom is 0.262 e. The van der Waals surface area contributed by atoms with E-state index >= 15 is 0 Å². The molecule has 2 saturated heterocycles. The molecular weight excluding hydrogens is 470 g/mol. The van der Waals surface area contributed by atoms with Gasteiger partial charge in [0.25, 0.3) is 5.91 Å². The average Bonchev–Trinajstić information content (AvgIpc) is 3.40. The third-order valence-electron chi connectivity index (χ3n) is 7.21. The molecule has 4 heterocycles. The number of piperazine rings is 1. The quantitative estimate of drug-likeness (QED) is 0.555. The maximum absolute atomic E-state index is 14.0. The number of aryl methyl sites for hydroxylation is 1. The average molecular weight is 504 g/mol. The van der Waals surface area contributed by atoms with Gasteiger partial charge in [-0.2, -0.15) is 0 Å². The van der Waals surface area contributed by atoms with Gasteiger partial charge in [-0.05, 0) is 81.7 Å². The molecule has 2 aliphatic heterocycles. The molecule has 0 saturated carbocycles. The Bertz CT molecular complexity index is 1220. The number of carbonyl (C=O) groups is 2. The van der Waals surface area contributed by atoms with E-state index in [0.29, 0.717) is 43.9 Å². The van der Waals surface area contributed by atoms with Crippen molar-refractivity contribution in [3.05, 3.63) is 71.2 Å². The van der Waals surface area contributed by atoms with Crippen molar-refractivity contribution >= 4 is 28.8 Å². The number of anilines is 1. The van der Waals surface area contributed by atoms with Gasteiger partial charge < -0.3 is 20.4 Å². The molecule has 2 aliphatic rings. The van der Waals surface area contributed by atoms with Gasteiger partial charge in [-0.25, -0.2) is 0 Å². The second-order valence-electron chi connectivity index (χ2n) is 9.80. The Morgan fingerprint density at radius 3 is 2.64 bits per heavy atom. The number of nitrogens with zero attached hydrogens (tertiary/aromatic N) is 3. The molecular formula is C28H33N5O2S. The van der Waals surface area contributed by atoms with Crippen LogP contribution in [0.4, 0.5) is 5.69 Å². The van der Waals surface area contributed by atoms with Gasteiger partial charge in [-0.3, -0.25) is 14.6 Å². The van der Waals surface area contributed by atoms with Crippen LogP contribution in [0.5, 0.6) is 0 Å². The lowest BCUT2D eigenvalue weighted by Crippen LogP contribution is -2.66. The van der Waals surface area contributed by atoms with Crippen molar-refractivity contribution in [2.24, 2.45) is 0 Å². The van der Waals surface area contributed by atoms with E-state index in [0.717, 1.165) is 17.1 Å². The molecule has 1 atom stereocenters. The molecule has 5 rings (SSSR count). The van der Waals surface area contributed by atoms with Crippen LogP contribution in [-0.2, 0) is 4.79 Å². The Kier molecular flexibility index (Phi) is 7.07. The van der Waals surface area contributed by atoms with E-state index in [1.54, 1.807) is 6.20 Å². The van der Waals surface area contributed by atoms with Gasteiger partial charge >= 0.3 is 0 Å². The van der Waals surface area contributed by atoms with Crippen LogP contribution in [0.1, 0.15) is 35.0 Å². The van der Waals surface area contributed by atoms with E-state index in [-0.39, 0.29) is 17.9 Å². The van der Waals surface area contributed by atoms with Crippen LogP contribution in [0.25, 0.3) is 10.6 Å². The number of hydrogen-bond acceptors (Lipinski definition) is 6. The maximum atomic E-state index is 14.0. The third-order valence-corrected chi connectivity index (χ3v) is 8.32. The summed E-state index contributed by atoms with van der Waals surface area (Å²) in [6.45, 7) is 7.73. The summed E-state index contributed by atoms with van der Waals surface area (Å²) in [5.74, 6) is -0.154. The molecule has 8 heteroatoms. The normalized spacial score (nSPS) is 19.7. The van der Waals surface area contributed by atoms with Crippen molar-refractivity contribution in [2.75, 3.05) is 37.6 Å². The number of amides is 2. The Hall–Kier alpha value is -3.23. The predicted octanol–water partition coefficient (Wildman–Crippen LogP) is 3.71. The van der Waals surface area contributed by atoms with E-state index in [1.807, 2.05) is 35.2 Å². The van der Waals surface area contributed by atoms with Crippen molar-refractivity contribution in [3.63, 3.8) is 0 Å². The van der Waals surface area contributed by atoms with E-state index in [9.17, 15) is 9.59 Å². The number of hydrogen-bond donors (Lipinski definition) is 2. The highest BCUT2D eigenvalue weighted by Gasteiger charge is 2.45. The summed E-state index contributed by atoms with van der Waals surface area (Å²) in [5, 5.41) is 6.52. The van der Waals surface area contributed by atoms with Gasteiger partial charge in [0.1, 0.15) is 5.54 Å². The molecule has 2 aromatic heterocycles.